The van der Waals surface area contributed by atoms with Crippen LogP contribution < -0.4 is 0 Å². The van der Waals surface area contributed by atoms with Crippen molar-refractivity contribution >= 4 is 0 Å². The Labute approximate surface area is 102 Å². The molecule has 96 valence electrons. The molecule has 1 N–H and O–H groups in total. The van der Waals surface area contributed by atoms with E-state index in [9.17, 15) is 5.11 Å². The molecule has 0 spiro atoms. The summed E-state index contributed by atoms with van der Waals surface area (Å²) in [6.07, 6.45) is 8.66. The molecular weight excluding hydrogens is 196 g/mol. The number of hydrogen-bond acceptors (Lipinski definition) is 1. The molecule has 0 aromatic carbocycles. The number of aliphatic hydroxyl groups is 1. The van der Waals surface area contributed by atoms with Crippen molar-refractivity contribution in [2.45, 2.75) is 78.7 Å². The first-order chi connectivity index (χ1) is 7.41. The van der Waals surface area contributed by atoms with Gasteiger partial charge in [-0.15, -0.1) is 0 Å². The minimum absolute atomic E-state index is 0.0611. The van der Waals surface area contributed by atoms with Crippen LogP contribution in [-0.4, -0.2) is 11.2 Å². The minimum atomic E-state index is -0.0611. The molecule has 1 heteroatoms. The highest BCUT2D eigenvalue weighted by atomic mass is 16.3. The first kappa shape index (κ1) is 14.0. The molecule has 0 bridgehead atoms. The minimum Gasteiger partial charge on any atom is -0.393 e. The fraction of sp³-hybridized carbons (Fsp3) is 1.00. The normalized spacial score (nSPS) is 21.4. The summed E-state index contributed by atoms with van der Waals surface area (Å²) in [6.45, 7) is 9.15. The second-order valence-electron chi connectivity index (χ2n) is 6.93. The summed E-state index contributed by atoms with van der Waals surface area (Å²) in [7, 11) is 0. The van der Waals surface area contributed by atoms with Crippen molar-refractivity contribution < 1.29 is 5.11 Å². The molecule has 1 aliphatic carbocycles. The van der Waals surface area contributed by atoms with Crippen molar-refractivity contribution in [3.8, 4) is 0 Å². The second-order valence-corrected chi connectivity index (χ2v) is 6.93. The standard InChI is InChI=1S/C15H30O/c1-12(2)10-15(3,4)11-14(16)13-8-6-5-7-9-13/h12-14,16H,5-11H2,1-4H3. The number of hydrogen-bond donors (Lipinski definition) is 1. The van der Waals surface area contributed by atoms with E-state index in [1.807, 2.05) is 0 Å². The molecule has 0 aromatic heterocycles. The molecular formula is C15H30O. The van der Waals surface area contributed by atoms with Gasteiger partial charge in [0.1, 0.15) is 0 Å². The van der Waals surface area contributed by atoms with Crippen LogP contribution in [0.2, 0.25) is 0 Å². The molecule has 1 aliphatic rings. The molecule has 0 amide bonds. The molecule has 1 fully saturated rings. The van der Waals surface area contributed by atoms with E-state index >= 15 is 0 Å². The van der Waals surface area contributed by atoms with Gasteiger partial charge in [0.05, 0.1) is 6.10 Å². The average Bonchev–Trinajstić information content (AvgIpc) is 2.16. The van der Waals surface area contributed by atoms with Crippen molar-refractivity contribution in [1.29, 1.82) is 0 Å². The molecule has 1 atom stereocenters. The summed E-state index contributed by atoms with van der Waals surface area (Å²) >= 11 is 0. The van der Waals surface area contributed by atoms with Crippen LogP contribution >= 0.6 is 0 Å². The van der Waals surface area contributed by atoms with Crippen LogP contribution in [0, 0.1) is 17.3 Å². The van der Waals surface area contributed by atoms with Crippen molar-refractivity contribution in [3.63, 3.8) is 0 Å². The zero-order chi connectivity index (χ0) is 12.2. The van der Waals surface area contributed by atoms with E-state index in [1.165, 1.54) is 38.5 Å². The van der Waals surface area contributed by atoms with Gasteiger partial charge < -0.3 is 5.11 Å². The third-order valence-electron chi connectivity index (χ3n) is 3.92. The Balaban J connectivity index is 2.39. The van der Waals surface area contributed by atoms with Gasteiger partial charge in [0.15, 0.2) is 0 Å². The smallest absolute Gasteiger partial charge is 0.0573 e. The van der Waals surface area contributed by atoms with Crippen molar-refractivity contribution in [3.05, 3.63) is 0 Å². The maximum Gasteiger partial charge on any atom is 0.0573 e. The predicted octanol–water partition coefficient (Wildman–Crippen LogP) is 4.39. The van der Waals surface area contributed by atoms with Crippen LogP contribution in [0.5, 0.6) is 0 Å². The van der Waals surface area contributed by atoms with E-state index in [0.717, 1.165) is 12.3 Å². The third kappa shape index (κ3) is 4.86. The van der Waals surface area contributed by atoms with Gasteiger partial charge in [-0.3, -0.25) is 0 Å². The lowest BCUT2D eigenvalue weighted by Crippen LogP contribution is -2.29. The SMILES string of the molecule is CC(C)CC(C)(C)CC(O)C1CCCCC1. The van der Waals surface area contributed by atoms with Crippen LogP contribution in [-0.2, 0) is 0 Å². The highest BCUT2D eigenvalue weighted by Gasteiger charge is 2.28. The summed E-state index contributed by atoms with van der Waals surface area (Å²) in [5, 5.41) is 10.3. The van der Waals surface area contributed by atoms with Gasteiger partial charge in [-0.25, -0.2) is 0 Å². The zero-order valence-electron chi connectivity index (χ0n) is 11.6. The third-order valence-corrected chi connectivity index (χ3v) is 3.92. The summed E-state index contributed by atoms with van der Waals surface area (Å²) < 4.78 is 0. The van der Waals surface area contributed by atoms with E-state index in [4.69, 9.17) is 0 Å². The van der Waals surface area contributed by atoms with Gasteiger partial charge >= 0.3 is 0 Å². The maximum absolute atomic E-state index is 10.3. The largest absolute Gasteiger partial charge is 0.393 e. The Morgan fingerprint density at radius 2 is 1.62 bits per heavy atom. The Bertz CT molecular complexity index is 190. The van der Waals surface area contributed by atoms with Crippen LogP contribution in [0.25, 0.3) is 0 Å². The first-order valence-electron chi connectivity index (χ1n) is 7.09. The zero-order valence-corrected chi connectivity index (χ0v) is 11.6. The fourth-order valence-electron chi connectivity index (χ4n) is 3.44. The molecule has 0 radical (unpaired) electrons. The van der Waals surface area contributed by atoms with Crippen LogP contribution in [0.3, 0.4) is 0 Å². The lowest BCUT2D eigenvalue weighted by Gasteiger charge is -2.34. The Morgan fingerprint density at radius 3 is 2.12 bits per heavy atom. The Morgan fingerprint density at radius 1 is 1.06 bits per heavy atom. The highest BCUT2D eigenvalue weighted by Crippen LogP contribution is 2.35. The predicted molar refractivity (Wildman–Crippen MR) is 70.4 cm³/mol. The molecule has 1 saturated carbocycles. The van der Waals surface area contributed by atoms with E-state index in [1.54, 1.807) is 0 Å². The molecule has 16 heavy (non-hydrogen) atoms. The van der Waals surface area contributed by atoms with E-state index in [-0.39, 0.29) is 6.10 Å². The molecule has 0 aromatic rings. The van der Waals surface area contributed by atoms with Gasteiger partial charge in [0, 0.05) is 0 Å². The van der Waals surface area contributed by atoms with E-state index in [2.05, 4.69) is 27.7 Å². The molecule has 0 heterocycles. The molecule has 1 rings (SSSR count). The van der Waals surface area contributed by atoms with Gasteiger partial charge in [-0.2, -0.15) is 0 Å². The topological polar surface area (TPSA) is 20.2 Å². The van der Waals surface area contributed by atoms with Crippen LogP contribution in [0.1, 0.15) is 72.6 Å². The Hall–Kier alpha value is -0.0400. The van der Waals surface area contributed by atoms with E-state index in [0.29, 0.717) is 11.3 Å². The highest BCUT2D eigenvalue weighted by molar-refractivity contribution is 4.80. The summed E-state index contributed by atoms with van der Waals surface area (Å²) in [6, 6.07) is 0. The monoisotopic (exact) mass is 226 g/mol. The lowest BCUT2D eigenvalue weighted by atomic mass is 9.74. The Kier molecular flexibility index (Phi) is 5.30. The van der Waals surface area contributed by atoms with Crippen molar-refractivity contribution in [1.82, 2.24) is 0 Å². The lowest BCUT2D eigenvalue weighted by molar-refractivity contribution is 0.0387. The van der Waals surface area contributed by atoms with Crippen molar-refractivity contribution in [2.75, 3.05) is 0 Å². The number of aliphatic hydroxyl groups excluding tert-OH is 1. The van der Waals surface area contributed by atoms with Gasteiger partial charge in [-0.05, 0) is 42.9 Å². The maximum atomic E-state index is 10.3. The number of rotatable bonds is 5. The van der Waals surface area contributed by atoms with Gasteiger partial charge in [-0.1, -0.05) is 47.0 Å². The van der Waals surface area contributed by atoms with Crippen LogP contribution in [0.15, 0.2) is 0 Å². The molecule has 1 unspecified atom stereocenters. The summed E-state index contributed by atoms with van der Waals surface area (Å²) in [5.41, 5.74) is 0.297. The second kappa shape index (κ2) is 6.05. The van der Waals surface area contributed by atoms with Gasteiger partial charge in [0.2, 0.25) is 0 Å². The first-order valence-corrected chi connectivity index (χ1v) is 7.09. The summed E-state index contributed by atoms with van der Waals surface area (Å²) in [4.78, 5) is 0. The summed E-state index contributed by atoms with van der Waals surface area (Å²) in [5.74, 6) is 1.31. The van der Waals surface area contributed by atoms with Gasteiger partial charge in [0.25, 0.3) is 0 Å². The average molecular weight is 226 g/mol. The molecule has 0 aliphatic heterocycles. The molecule has 0 saturated heterocycles. The van der Waals surface area contributed by atoms with E-state index < -0.39 is 0 Å². The fourth-order valence-corrected chi connectivity index (χ4v) is 3.44. The molecule has 1 nitrogen and oxygen atoms in total. The van der Waals surface area contributed by atoms with Crippen molar-refractivity contribution in [2.24, 2.45) is 17.3 Å². The van der Waals surface area contributed by atoms with Crippen LogP contribution in [0.4, 0.5) is 0 Å². The quantitative estimate of drug-likeness (QED) is 0.737.